The summed E-state index contributed by atoms with van der Waals surface area (Å²) < 4.78 is 49.1. The molecule has 0 unspecified atom stereocenters. The molecule has 0 aliphatic carbocycles. The second kappa shape index (κ2) is 7.31. The molecule has 0 radical (unpaired) electrons. The highest BCUT2D eigenvalue weighted by atomic mass is 19.4. The van der Waals surface area contributed by atoms with Crippen LogP contribution in [0.4, 0.5) is 13.2 Å². The molecular formula is C15H15F3N4O2. The first-order valence-electron chi connectivity index (χ1n) is 7.01. The summed E-state index contributed by atoms with van der Waals surface area (Å²) in [7, 11) is 3.70. The van der Waals surface area contributed by atoms with Gasteiger partial charge in [0.15, 0.2) is 11.9 Å². The Labute approximate surface area is 136 Å². The highest BCUT2D eigenvalue weighted by Crippen LogP contribution is 2.32. The number of hydrogen-bond donors (Lipinski definition) is 0. The largest absolute Gasteiger partial charge is 0.465 e. The Bertz CT molecular complexity index is 708. The van der Waals surface area contributed by atoms with Gasteiger partial charge >= 0.3 is 6.18 Å². The van der Waals surface area contributed by atoms with Crippen molar-refractivity contribution in [2.75, 3.05) is 20.6 Å². The zero-order valence-corrected chi connectivity index (χ0v) is 13.0. The van der Waals surface area contributed by atoms with Crippen molar-refractivity contribution >= 4 is 0 Å². The standard InChI is InChI=1S/C15H15F3N4O2/c1-22(2)8-6-11(12-5-7-20-24-12)23-14-10(9-19)3-4-13(21-14)15(16,17)18/h3-5,7,11H,6,8H2,1-2H3/t11-/m1/s1. The van der Waals surface area contributed by atoms with E-state index >= 15 is 0 Å². The molecule has 2 heterocycles. The van der Waals surface area contributed by atoms with Crippen LogP contribution >= 0.6 is 0 Å². The van der Waals surface area contributed by atoms with Crippen LogP contribution in [0.25, 0.3) is 0 Å². The zero-order chi connectivity index (χ0) is 17.7. The van der Waals surface area contributed by atoms with Crippen LogP contribution in [0.1, 0.15) is 29.5 Å². The minimum Gasteiger partial charge on any atom is -0.465 e. The maximum atomic E-state index is 12.8. The third kappa shape index (κ3) is 4.45. The normalized spacial score (nSPS) is 12.9. The molecule has 0 saturated carbocycles. The Morgan fingerprint density at radius 2 is 2.08 bits per heavy atom. The Balaban J connectivity index is 2.32. The van der Waals surface area contributed by atoms with Crippen molar-refractivity contribution in [3.05, 3.63) is 41.4 Å². The summed E-state index contributed by atoms with van der Waals surface area (Å²) in [6.45, 7) is 0.589. The molecule has 2 aromatic heterocycles. The van der Waals surface area contributed by atoms with Gasteiger partial charge in [-0.25, -0.2) is 4.98 Å². The lowest BCUT2D eigenvalue weighted by atomic mass is 10.2. The SMILES string of the molecule is CN(C)CC[C@@H](Oc1nc(C(F)(F)F)ccc1C#N)c1ccno1. The van der Waals surface area contributed by atoms with E-state index in [1.165, 1.54) is 6.20 Å². The zero-order valence-electron chi connectivity index (χ0n) is 13.0. The van der Waals surface area contributed by atoms with E-state index in [9.17, 15) is 13.2 Å². The highest BCUT2D eigenvalue weighted by Gasteiger charge is 2.34. The van der Waals surface area contributed by atoms with Crippen molar-refractivity contribution in [2.45, 2.75) is 18.7 Å². The molecule has 1 atom stereocenters. The van der Waals surface area contributed by atoms with Crippen molar-refractivity contribution in [1.82, 2.24) is 15.0 Å². The Morgan fingerprint density at radius 1 is 1.33 bits per heavy atom. The average Bonchev–Trinajstić information content (AvgIpc) is 3.04. The Hall–Kier alpha value is -2.60. The Morgan fingerprint density at radius 3 is 2.62 bits per heavy atom. The summed E-state index contributed by atoms with van der Waals surface area (Å²) in [5.74, 6) is -0.0348. The van der Waals surface area contributed by atoms with Gasteiger partial charge in [0.1, 0.15) is 17.3 Å². The van der Waals surface area contributed by atoms with Gasteiger partial charge in [0.05, 0.1) is 6.20 Å². The first-order valence-corrected chi connectivity index (χ1v) is 7.01. The van der Waals surface area contributed by atoms with Gasteiger partial charge in [-0.15, -0.1) is 0 Å². The smallest absolute Gasteiger partial charge is 0.433 e. The predicted octanol–water partition coefficient (Wildman–Crippen LogP) is 3.03. The highest BCUT2D eigenvalue weighted by molar-refractivity contribution is 5.39. The van der Waals surface area contributed by atoms with Gasteiger partial charge in [-0.3, -0.25) is 0 Å². The molecule has 24 heavy (non-hydrogen) atoms. The van der Waals surface area contributed by atoms with Crippen LogP contribution in [0, 0.1) is 11.3 Å². The molecule has 0 saturated heterocycles. The first-order chi connectivity index (χ1) is 11.3. The van der Waals surface area contributed by atoms with E-state index in [-0.39, 0.29) is 11.4 Å². The molecule has 0 amide bonds. The van der Waals surface area contributed by atoms with E-state index in [4.69, 9.17) is 14.5 Å². The van der Waals surface area contributed by atoms with Gasteiger partial charge in [0.2, 0.25) is 5.88 Å². The fourth-order valence-corrected chi connectivity index (χ4v) is 1.93. The van der Waals surface area contributed by atoms with E-state index in [0.717, 1.165) is 12.1 Å². The monoisotopic (exact) mass is 340 g/mol. The number of halogens is 3. The van der Waals surface area contributed by atoms with E-state index in [0.29, 0.717) is 18.7 Å². The second-order valence-corrected chi connectivity index (χ2v) is 5.27. The van der Waals surface area contributed by atoms with Crippen molar-refractivity contribution in [3.63, 3.8) is 0 Å². The second-order valence-electron chi connectivity index (χ2n) is 5.27. The van der Waals surface area contributed by atoms with Crippen LogP contribution in [-0.4, -0.2) is 35.7 Å². The van der Waals surface area contributed by atoms with Crippen molar-refractivity contribution in [1.29, 1.82) is 5.26 Å². The summed E-state index contributed by atoms with van der Waals surface area (Å²) >= 11 is 0. The predicted molar refractivity (Wildman–Crippen MR) is 77.0 cm³/mol. The number of rotatable bonds is 6. The number of aromatic nitrogens is 2. The lowest BCUT2D eigenvalue weighted by Gasteiger charge is -2.19. The van der Waals surface area contributed by atoms with Crippen molar-refractivity contribution in [3.8, 4) is 11.9 Å². The fraction of sp³-hybridized carbons (Fsp3) is 0.400. The number of hydrogen-bond acceptors (Lipinski definition) is 6. The number of nitrogens with zero attached hydrogens (tertiary/aromatic N) is 4. The Kier molecular flexibility index (Phi) is 5.41. The molecule has 0 bridgehead atoms. The molecule has 0 spiro atoms. The summed E-state index contributed by atoms with van der Waals surface area (Å²) in [5, 5.41) is 12.7. The van der Waals surface area contributed by atoms with E-state index in [1.54, 1.807) is 12.1 Å². The van der Waals surface area contributed by atoms with Gasteiger partial charge in [0.25, 0.3) is 0 Å². The summed E-state index contributed by atoms with van der Waals surface area (Å²) in [6.07, 6.45) is -3.51. The number of pyridine rings is 1. The minimum absolute atomic E-state index is 0.0858. The third-order valence-corrected chi connectivity index (χ3v) is 3.14. The molecule has 128 valence electrons. The number of ether oxygens (including phenoxy) is 1. The van der Waals surface area contributed by atoms with Gasteiger partial charge in [-0.2, -0.15) is 18.4 Å². The van der Waals surface area contributed by atoms with Gasteiger partial charge in [-0.1, -0.05) is 5.16 Å². The lowest BCUT2D eigenvalue weighted by molar-refractivity contribution is -0.141. The molecule has 0 N–H and O–H groups in total. The number of alkyl halides is 3. The molecule has 9 heteroatoms. The lowest BCUT2D eigenvalue weighted by Crippen LogP contribution is -2.19. The van der Waals surface area contributed by atoms with E-state index < -0.39 is 18.0 Å². The minimum atomic E-state index is -4.63. The molecule has 6 nitrogen and oxygen atoms in total. The molecular weight excluding hydrogens is 325 g/mol. The van der Waals surface area contributed by atoms with Crippen LogP contribution in [0.2, 0.25) is 0 Å². The summed E-state index contributed by atoms with van der Waals surface area (Å²) in [5.41, 5.74) is -1.21. The van der Waals surface area contributed by atoms with Gasteiger partial charge < -0.3 is 14.2 Å². The van der Waals surface area contributed by atoms with Crippen molar-refractivity contribution < 1.29 is 22.4 Å². The number of nitriles is 1. The molecule has 2 aromatic rings. The molecule has 0 aromatic carbocycles. The average molecular weight is 340 g/mol. The maximum Gasteiger partial charge on any atom is 0.433 e. The molecule has 2 rings (SSSR count). The van der Waals surface area contributed by atoms with E-state index in [1.807, 2.05) is 19.0 Å². The van der Waals surface area contributed by atoms with Crippen LogP contribution in [0.15, 0.2) is 28.9 Å². The topological polar surface area (TPSA) is 75.2 Å². The summed E-state index contributed by atoms with van der Waals surface area (Å²) in [6, 6.07) is 5.11. The third-order valence-electron chi connectivity index (χ3n) is 3.14. The van der Waals surface area contributed by atoms with Crippen LogP contribution < -0.4 is 4.74 Å². The van der Waals surface area contributed by atoms with Gasteiger partial charge in [-0.05, 0) is 26.2 Å². The summed E-state index contributed by atoms with van der Waals surface area (Å²) in [4.78, 5) is 5.33. The van der Waals surface area contributed by atoms with Crippen LogP contribution in [0.3, 0.4) is 0 Å². The van der Waals surface area contributed by atoms with Gasteiger partial charge in [0, 0.05) is 19.0 Å². The quantitative estimate of drug-likeness (QED) is 0.805. The first kappa shape index (κ1) is 17.7. The van der Waals surface area contributed by atoms with Crippen LogP contribution in [0.5, 0.6) is 5.88 Å². The molecule has 0 aliphatic rings. The maximum absolute atomic E-state index is 12.8. The van der Waals surface area contributed by atoms with E-state index in [2.05, 4.69) is 10.1 Å². The molecule has 0 fully saturated rings. The van der Waals surface area contributed by atoms with Crippen molar-refractivity contribution in [2.24, 2.45) is 0 Å². The molecule has 0 aliphatic heterocycles. The fourth-order valence-electron chi connectivity index (χ4n) is 1.93. The van der Waals surface area contributed by atoms with Crippen LogP contribution in [-0.2, 0) is 6.18 Å².